The molecule has 0 N–H and O–H groups in total. The molecule has 2 aromatic rings. The fourth-order valence-electron chi connectivity index (χ4n) is 1.72. The van der Waals surface area contributed by atoms with E-state index in [4.69, 9.17) is 10.00 Å². The van der Waals surface area contributed by atoms with Crippen molar-refractivity contribution in [2.45, 2.75) is 5.03 Å². The highest BCUT2D eigenvalue weighted by atomic mass is 32.2. The maximum Gasteiger partial charge on any atom is 0.119 e. The number of aromatic nitrogens is 1. The molecule has 1 aromatic carbocycles. The molecule has 0 spiro atoms. The molecule has 0 aliphatic carbocycles. The lowest BCUT2D eigenvalue weighted by Crippen LogP contribution is -1.92. The first kappa shape index (κ1) is 14.2. The van der Waals surface area contributed by atoms with Gasteiger partial charge in [-0.15, -0.1) is 18.3 Å². The van der Waals surface area contributed by atoms with Crippen molar-refractivity contribution in [1.82, 2.24) is 4.98 Å². The fraction of sp³-hybridized carbons (Fsp3) is 0.125. The van der Waals surface area contributed by atoms with E-state index >= 15 is 0 Å². The molecule has 20 heavy (non-hydrogen) atoms. The van der Waals surface area contributed by atoms with Crippen molar-refractivity contribution < 1.29 is 4.74 Å². The predicted octanol–water partition coefficient (Wildman–Crippen LogP) is 3.91. The number of thioether (sulfide) groups is 1. The average Bonchev–Trinajstić information content (AvgIpc) is 2.52. The first-order valence-corrected chi connectivity index (χ1v) is 7.06. The van der Waals surface area contributed by atoms with E-state index in [0.29, 0.717) is 5.56 Å². The number of pyridine rings is 1. The summed E-state index contributed by atoms with van der Waals surface area (Å²) in [7, 11) is 1.64. The van der Waals surface area contributed by atoms with Crippen LogP contribution in [0.25, 0.3) is 11.3 Å². The summed E-state index contributed by atoms with van der Waals surface area (Å²) in [5.74, 6) is 1.51. The molecule has 0 saturated heterocycles. The zero-order valence-corrected chi connectivity index (χ0v) is 12.0. The van der Waals surface area contributed by atoms with E-state index in [9.17, 15) is 0 Å². The molecule has 0 aliphatic rings. The van der Waals surface area contributed by atoms with E-state index in [0.717, 1.165) is 27.8 Å². The van der Waals surface area contributed by atoms with Gasteiger partial charge in [-0.2, -0.15) is 5.26 Å². The second kappa shape index (κ2) is 6.78. The first-order valence-electron chi connectivity index (χ1n) is 6.07. The van der Waals surface area contributed by atoms with Crippen molar-refractivity contribution >= 4 is 11.8 Å². The van der Waals surface area contributed by atoms with Crippen LogP contribution >= 0.6 is 11.8 Å². The molecule has 0 amide bonds. The minimum Gasteiger partial charge on any atom is -0.497 e. The predicted molar refractivity (Wildman–Crippen MR) is 81.9 cm³/mol. The van der Waals surface area contributed by atoms with E-state index in [1.165, 1.54) is 11.8 Å². The fourth-order valence-corrected chi connectivity index (χ4v) is 2.42. The monoisotopic (exact) mass is 282 g/mol. The SMILES string of the molecule is C=CCSc1nc(-c2cccc(OC)c2)ccc1C#N. The summed E-state index contributed by atoms with van der Waals surface area (Å²) in [5, 5.41) is 9.84. The summed E-state index contributed by atoms with van der Waals surface area (Å²) in [5.41, 5.74) is 2.38. The summed E-state index contributed by atoms with van der Waals surface area (Å²) in [6.07, 6.45) is 1.80. The summed E-state index contributed by atoms with van der Waals surface area (Å²) >= 11 is 1.51. The van der Waals surface area contributed by atoms with Gasteiger partial charge in [0.15, 0.2) is 0 Å². The molecule has 100 valence electrons. The van der Waals surface area contributed by atoms with Gasteiger partial charge in [0.25, 0.3) is 0 Å². The second-order valence-corrected chi connectivity index (χ2v) is 5.00. The summed E-state index contributed by atoms with van der Waals surface area (Å²) in [6.45, 7) is 3.69. The van der Waals surface area contributed by atoms with Gasteiger partial charge in [-0.3, -0.25) is 0 Å². The van der Waals surface area contributed by atoms with E-state index in [1.807, 2.05) is 30.3 Å². The van der Waals surface area contributed by atoms with Gasteiger partial charge < -0.3 is 4.74 Å². The Morgan fingerprint density at radius 1 is 1.40 bits per heavy atom. The standard InChI is InChI=1S/C16H14N2OS/c1-3-9-20-16-13(11-17)7-8-15(18-16)12-5-4-6-14(10-12)19-2/h3-8,10H,1,9H2,2H3. The van der Waals surface area contributed by atoms with Crippen molar-refractivity contribution in [3.8, 4) is 23.1 Å². The highest BCUT2D eigenvalue weighted by molar-refractivity contribution is 7.99. The van der Waals surface area contributed by atoms with Crippen LogP contribution in [0, 0.1) is 11.3 Å². The topological polar surface area (TPSA) is 45.9 Å². The van der Waals surface area contributed by atoms with Crippen molar-refractivity contribution in [2.24, 2.45) is 0 Å². The third kappa shape index (κ3) is 3.19. The summed E-state index contributed by atoms with van der Waals surface area (Å²) < 4.78 is 5.22. The highest BCUT2D eigenvalue weighted by Crippen LogP contribution is 2.27. The Bertz CT molecular complexity index is 662. The van der Waals surface area contributed by atoms with Crippen molar-refractivity contribution in [3.63, 3.8) is 0 Å². The zero-order valence-electron chi connectivity index (χ0n) is 11.2. The number of hydrogen-bond donors (Lipinski definition) is 0. The van der Waals surface area contributed by atoms with Crippen LogP contribution in [0.3, 0.4) is 0 Å². The van der Waals surface area contributed by atoms with Crippen molar-refractivity contribution in [3.05, 3.63) is 54.6 Å². The third-order valence-electron chi connectivity index (χ3n) is 2.68. The molecular formula is C16H14N2OS. The Labute approximate surface area is 122 Å². The molecule has 0 saturated carbocycles. The quantitative estimate of drug-likeness (QED) is 0.616. The lowest BCUT2D eigenvalue weighted by Gasteiger charge is -2.07. The summed E-state index contributed by atoms with van der Waals surface area (Å²) in [6, 6.07) is 13.5. The number of benzene rings is 1. The molecule has 0 fully saturated rings. The van der Waals surface area contributed by atoms with Crippen LogP contribution in [-0.2, 0) is 0 Å². The molecular weight excluding hydrogens is 268 g/mol. The molecule has 0 aliphatic heterocycles. The smallest absolute Gasteiger partial charge is 0.119 e. The van der Waals surface area contributed by atoms with E-state index in [1.54, 1.807) is 19.3 Å². The van der Waals surface area contributed by atoms with Crippen LogP contribution in [0.2, 0.25) is 0 Å². The number of nitriles is 1. The minimum absolute atomic E-state index is 0.587. The van der Waals surface area contributed by atoms with Gasteiger partial charge >= 0.3 is 0 Å². The molecule has 3 nitrogen and oxygen atoms in total. The minimum atomic E-state index is 0.587. The second-order valence-electron chi connectivity index (χ2n) is 3.99. The normalized spacial score (nSPS) is 9.80. The molecule has 0 bridgehead atoms. The van der Waals surface area contributed by atoms with Crippen LogP contribution in [-0.4, -0.2) is 17.8 Å². The maximum atomic E-state index is 9.11. The van der Waals surface area contributed by atoms with Gasteiger partial charge in [0, 0.05) is 11.3 Å². The number of ether oxygens (including phenoxy) is 1. The Kier molecular flexibility index (Phi) is 4.80. The number of methoxy groups -OCH3 is 1. The van der Waals surface area contributed by atoms with Crippen LogP contribution in [0.5, 0.6) is 5.75 Å². The number of nitrogens with zero attached hydrogens (tertiary/aromatic N) is 2. The van der Waals surface area contributed by atoms with Crippen molar-refractivity contribution in [1.29, 1.82) is 5.26 Å². The Morgan fingerprint density at radius 2 is 2.25 bits per heavy atom. The molecule has 4 heteroatoms. The molecule has 0 radical (unpaired) electrons. The number of rotatable bonds is 5. The molecule has 1 aromatic heterocycles. The number of hydrogen-bond acceptors (Lipinski definition) is 4. The lowest BCUT2D eigenvalue weighted by atomic mass is 10.1. The first-order chi connectivity index (χ1) is 9.78. The maximum absolute atomic E-state index is 9.11. The lowest BCUT2D eigenvalue weighted by molar-refractivity contribution is 0.415. The molecule has 0 atom stereocenters. The molecule has 2 rings (SSSR count). The Hall–Kier alpha value is -2.25. The van der Waals surface area contributed by atoms with E-state index in [-0.39, 0.29) is 0 Å². The summed E-state index contributed by atoms with van der Waals surface area (Å²) in [4.78, 5) is 4.56. The van der Waals surface area contributed by atoms with Crippen molar-refractivity contribution in [2.75, 3.05) is 12.9 Å². The van der Waals surface area contributed by atoms with E-state index in [2.05, 4.69) is 17.6 Å². The van der Waals surface area contributed by atoms with Crippen LogP contribution < -0.4 is 4.74 Å². The van der Waals surface area contributed by atoms with Gasteiger partial charge in [-0.05, 0) is 24.3 Å². The van der Waals surface area contributed by atoms with Crippen LogP contribution in [0.1, 0.15) is 5.56 Å². The highest BCUT2D eigenvalue weighted by Gasteiger charge is 2.08. The van der Waals surface area contributed by atoms with Crippen LogP contribution in [0.4, 0.5) is 0 Å². The van der Waals surface area contributed by atoms with Gasteiger partial charge in [0.05, 0.1) is 18.4 Å². The van der Waals surface area contributed by atoms with Gasteiger partial charge in [0.2, 0.25) is 0 Å². The van der Waals surface area contributed by atoms with Gasteiger partial charge in [0.1, 0.15) is 16.8 Å². The van der Waals surface area contributed by atoms with Gasteiger partial charge in [-0.25, -0.2) is 4.98 Å². The van der Waals surface area contributed by atoms with E-state index < -0.39 is 0 Å². The van der Waals surface area contributed by atoms with Gasteiger partial charge in [-0.1, -0.05) is 18.2 Å². The average molecular weight is 282 g/mol. The van der Waals surface area contributed by atoms with Crippen LogP contribution in [0.15, 0.2) is 54.1 Å². The molecule has 0 unspecified atom stereocenters. The third-order valence-corrected chi connectivity index (χ3v) is 3.67. The molecule has 1 heterocycles. The zero-order chi connectivity index (χ0) is 14.4. The Morgan fingerprint density at radius 3 is 2.95 bits per heavy atom. The largest absolute Gasteiger partial charge is 0.497 e. The Balaban J connectivity index is 2.41.